The van der Waals surface area contributed by atoms with Crippen LogP contribution >= 0.6 is 0 Å². The van der Waals surface area contributed by atoms with E-state index in [1.807, 2.05) is 0 Å². The van der Waals surface area contributed by atoms with Crippen LogP contribution in [0.3, 0.4) is 0 Å². The van der Waals surface area contributed by atoms with Gasteiger partial charge in [0.25, 0.3) is 10.0 Å². The molecular formula is C16H19F2N5O5S. The average Bonchev–Trinajstić information content (AvgIpc) is 2.67. The number of carbonyl (C=O) groups is 2. The van der Waals surface area contributed by atoms with Gasteiger partial charge >= 0.3 is 6.03 Å². The first-order valence-corrected chi connectivity index (χ1v) is 9.57. The number of benzene rings is 1. The highest BCUT2D eigenvalue weighted by atomic mass is 32.2. The van der Waals surface area contributed by atoms with Crippen molar-refractivity contribution >= 4 is 27.6 Å². The van der Waals surface area contributed by atoms with Crippen molar-refractivity contribution in [3.63, 3.8) is 0 Å². The summed E-state index contributed by atoms with van der Waals surface area (Å²) in [4.78, 5) is 23.5. The van der Waals surface area contributed by atoms with Crippen LogP contribution in [0.5, 0.6) is 5.88 Å². The number of ether oxygens (including phenoxy) is 1. The fourth-order valence-electron chi connectivity index (χ4n) is 2.75. The van der Waals surface area contributed by atoms with E-state index in [1.165, 1.54) is 19.4 Å². The summed E-state index contributed by atoms with van der Waals surface area (Å²) in [5.41, 5.74) is 0.0480. The molecule has 0 bridgehead atoms. The lowest BCUT2D eigenvalue weighted by Crippen LogP contribution is -2.49. The number of methoxy groups -OCH3 is 1. The predicted octanol–water partition coefficient (Wildman–Crippen LogP) is 1.67. The zero-order valence-corrected chi connectivity index (χ0v) is 16.0. The number of fused-ring (bicyclic) bond motifs is 1. The van der Waals surface area contributed by atoms with Gasteiger partial charge < -0.3 is 15.4 Å². The van der Waals surface area contributed by atoms with Gasteiger partial charge in [-0.05, 0) is 25.1 Å². The van der Waals surface area contributed by atoms with Crippen LogP contribution in [0.1, 0.15) is 21.4 Å². The maximum absolute atomic E-state index is 14.1. The van der Waals surface area contributed by atoms with Crippen molar-refractivity contribution in [2.75, 3.05) is 19.0 Å². The molecule has 1 aliphatic heterocycles. The molecule has 158 valence electrons. The van der Waals surface area contributed by atoms with E-state index in [-0.39, 0.29) is 13.0 Å². The lowest BCUT2D eigenvalue weighted by Gasteiger charge is -2.29. The molecule has 1 aliphatic rings. The third kappa shape index (κ3) is 3.68. The second kappa shape index (κ2) is 7.58. The predicted molar refractivity (Wildman–Crippen MR) is 98.6 cm³/mol. The van der Waals surface area contributed by atoms with Crippen molar-refractivity contribution in [2.24, 2.45) is 0 Å². The quantitative estimate of drug-likeness (QED) is 0.736. The second-order valence-electron chi connectivity index (χ2n) is 5.96. The molecule has 10 nitrogen and oxygen atoms in total. The Bertz CT molecular complexity index is 1110. The van der Waals surface area contributed by atoms with Crippen LogP contribution in [0, 0.1) is 11.6 Å². The number of hydrogen-bond acceptors (Lipinski definition) is 7. The lowest BCUT2D eigenvalue weighted by atomic mass is 10.1. The van der Waals surface area contributed by atoms with Crippen LogP contribution in [0.15, 0.2) is 29.3 Å². The van der Waals surface area contributed by atoms with Gasteiger partial charge in [0.1, 0.15) is 11.4 Å². The summed E-state index contributed by atoms with van der Waals surface area (Å²) in [5, 5.41) is 12.0. The van der Waals surface area contributed by atoms with Crippen molar-refractivity contribution < 1.29 is 34.4 Å². The van der Waals surface area contributed by atoms with E-state index in [0.29, 0.717) is 11.6 Å². The summed E-state index contributed by atoms with van der Waals surface area (Å²) in [6, 6.07) is 1.30. The Hall–Kier alpha value is -3.35. The number of aromatic nitrogens is 2. The van der Waals surface area contributed by atoms with E-state index in [4.69, 9.17) is 4.74 Å². The third-order valence-corrected chi connectivity index (χ3v) is 5.90. The molecule has 0 unspecified atom stereocenters. The fourth-order valence-corrected chi connectivity index (χ4v) is 4.24. The number of urea groups is 1. The highest BCUT2D eigenvalue weighted by molar-refractivity contribution is 7.90. The van der Waals surface area contributed by atoms with Gasteiger partial charge in [-0.1, -0.05) is 0 Å². The number of sulfonamides is 1. The summed E-state index contributed by atoms with van der Waals surface area (Å²) in [7, 11) is -3.44. The molecule has 3 rings (SSSR count). The lowest BCUT2D eigenvalue weighted by molar-refractivity contribution is -0.121. The molecule has 0 saturated carbocycles. The Balaban J connectivity index is 0.00000240. The number of nitrogens with zero attached hydrogens (tertiary/aromatic N) is 3. The largest absolute Gasteiger partial charge is 0.480 e. The third-order valence-electron chi connectivity index (χ3n) is 4.11. The van der Waals surface area contributed by atoms with Gasteiger partial charge in [-0.25, -0.2) is 26.3 Å². The molecule has 0 aliphatic carbocycles. The molecule has 29 heavy (non-hydrogen) atoms. The van der Waals surface area contributed by atoms with Gasteiger partial charge in [-0.2, -0.15) is 5.10 Å². The van der Waals surface area contributed by atoms with Crippen molar-refractivity contribution in [3.8, 4) is 5.88 Å². The minimum absolute atomic E-state index is 0. The van der Waals surface area contributed by atoms with Crippen LogP contribution in [0.25, 0.3) is 0 Å². The first-order chi connectivity index (χ1) is 13.7. The first-order valence-electron chi connectivity index (χ1n) is 8.13. The van der Waals surface area contributed by atoms with E-state index >= 15 is 0 Å². The van der Waals surface area contributed by atoms with Crippen LogP contribution in [0.2, 0.25) is 0 Å². The maximum Gasteiger partial charge on any atom is 0.336 e. The molecule has 1 atom stereocenters. The van der Waals surface area contributed by atoms with Crippen molar-refractivity contribution in [1.82, 2.24) is 19.8 Å². The molecule has 1 aromatic heterocycles. The number of hydrogen-bond donors (Lipinski definition) is 2. The minimum atomic E-state index is -4.80. The summed E-state index contributed by atoms with van der Waals surface area (Å²) in [6.07, 6.45) is 1.37. The van der Waals surface area contributed by atoms with Gasteiger partial charge in [0.05, 0.1) is 25.0 Å². The normalized spacial score (nSPS) is 15.9. The van der Waals surface area contributed by atoms with Crippen LogP contribution in [-0.2, 0) is 14.8 Å². The number of nitrogens with one attached hydrogen (secondary N) is 2. The Morgan fingerprint density at radius 2 is 2.10 bits per heavy atom. The number of carbonyl (C=O) groups excluding carboxylic acids is 2. The van der Waals surface area contributed by atoms with E-state index in [9.17, 15) is 26.8 Å². The van der Waals surface area contributed by atoms with Crippen molar-refractivity contribution in [1.29, 1.82) is 0 Å². The van der Waals surface area contributed by atoms with Crippen molar-refractivity contribution in [2.45, 2.75) is 17.9 Å². The minimum Gasteiger partial charge on any atom is -0.480 e. The average molecular weight is 431 g/mol. The Labute approximate surface area is 166 Å². The summed E-state index contributed by atoms with van der Waals surface area (Å²) in [5.74, 6) is -3.77. The summed E-state index contributed by atoms with van der Waals surface area (Å²) >= 11 is 0. The summed E-state index contributed by atoms with van der Waals surface area (Å²) in [6.45, 7) is 0.626. The number of anilines is 1. The molecule has 2 aromatic rings. The van der Waals surface area contributed by atoms with E-state index in [1.54, 1.807) is 6.92 Å². The zero-order chi connectivity index (χ0) is 21.3. The van der Waals surface area contributed by atoms with Crippen LogP contribution < -0.4 is 15.4 Å². The van der Waals surface area contributed by atoms with Crippen molar-refractivity contribution in [3.05, 3.63) is 41.6 Å². The molecular weight excluding hydrogens is 412 g/mol. The fraction of sp³-hybridized carbons (Fsp3) is 0.250. The van der Waals surface area contributed by atoms with Gasteiger partial charge in [-0.15, -0.1) is 5.10 Å². The maximum atomic E-state index is 14.1. The second-order valence-corrected chi connectivity index (χ2v) is 7.76. The van der Waals surface area contributed by atoms with E-state index in [0.717, 1.165) is 6.07 Å². The number of halogens is 2. The van der Waals surface area contributed by atoms with E-state index < -0.39 is 56.8 Å². The van der Waals surface area contributed by atoms with E-state index in [2.05, 4.69) is 20.8 Å². The first kappa shape index (κ1) is 20.4. The molecule has 3 amide bonds. The van der Waals surface area contributed by atoms with Gasteiger partial charge in [-0.3, -0.25) is 4.79 Å². The topological polar surface area (TPSA) is 131 Å². The van der Waals surface area contributed by atoms with Gasteiger partial charge in [0.15, 0.2) is 11.6 Å². The summed E-state index contributed by atoms with van der Waals surface area (Å²) < 4.78 is 58.0. The molecule has 2 heterocycles. The van der Waals surface area contributed by atoms with Gasteiger partial charge in [0, 0.05) is 8.42 Å². The SMILES string of the molecule is COc1nnccc1[C@H](C)NC(=O)CN1C(=O)Nc2ccc(F)c(F)c2S1(=O)=O.[HH].[HH]. The number of rotatable bonds is 5. The molecule has 13 heteroatoms. The molecule has 0 radical (unpaired) electrons. The molecule has 2 N–H and O–H groups in total. The monoisotopic (exact) mass is 431 g/mol. The number of amides is 3. The Morgan fingerprint density at radius 3 is 2.79 bits per heavy atom. The van der Waals surface area contributed by atoms with Crippen LogP contribution in [-0.4, -0.2) is 48.5 Å². The molecule has 0 spiro atoms. The Morgan fingerprint density at radius 1 is 1.38 bits per heavy atom. The van der Waals surface area contributed by atoms with Gasteiger partial charge in [0.2, 0.25) is 11.8 Å². The Kier molecular flexibility index (Phi) is 5.33. The highest BCUT2D eigenvalue weighted by Crippen LogP contribution is 2.33. The standard InChI is InChI=1S/C16H15F2N5O5S.2H2/c1-8(9-5-6-19-22-15(9)28-2)20-12(24)7-23-16(25)21-11-4-3-10(17)13(18)14(11)29(23,26)27;;/h3-6,8H,7H2,1-2H3,(H,20,24)(H,21,25);2*1H/t8-;;/m0../s1. The molecule has 0 fully saturated rings. The molecule has 1 aromatic carbocycles. The zero-order valence-electron chi connectivity index (χ0n) is 15.1. The molecule has 0 saturated heterocycles. The smallest absolute Gasteiger partial charge is 0.336 e. The highest BCUT2D eigenvalue weighted by Gasteiger charge is 2.41. The van der Waals surface area contributed by atoms with Crippen LogP contribution in [0.4, 0.5) is 19.3 Å².